The Morgan fingerprint density at radius 1 is 1.12 bits per heavy atom. The number of aromatic nitrogens is 2. The SMILES string of the molecule is CC.Cn1nccc1C(O)c1ccccc1. The molecule has 0 saturated heterocycles. The van der Waals surface area contributed by atoms with Gasteiger partial charge in [0.1, 0.15) is 6.10 Å². The van der Waals surface area contributed by atoms with Crippen LogP contribution >= 0.6 is 0 Å². The topological polar surface area (TPSA) is 38.0 Å². The van der Waals surface area contributed by atoms with Crippen LogP contribution in [-0.2, 0) is 7.05 Å². The van der Waals surface area contributed by atoms with E-state index in [1.165, 1.54) is 0 Å². The minimum absolute atomic E-state index is 0.594. The van der Waals surface area contributed by atoms with E-state index in [9.17, 15) is 5.11 Å². The molecule has 0 aliphatic heterocycles. The largest absolute Gasteiger partial charge is 0.382 e. The number of hydrogen-bond acceptors (Lipinski definition) is 2. The van der Waals surface area contributed by atoms with Gasteiger partial charge >= 0.3 is 0 Å². The summed E-state index contributed by atoms with van der Waals surface area (Å²) >= 11 is 0. The fraction of sp³-hybridized carbons (Fsp3) is 0.308. The summed E-state index contributed by atoms with van der Waals surface area (Å²) in [6.07, 6.45) is 1.09. The lowest BCUT2D eigenvalue weighted by Crippen LogP contribution is -2.06. The van der Waals surface area contributed by atoms with Crippen molar-refractivity contribution in [2.45, 2.75) is 20.0 Å². The van der Waals surface area contributed by atoms with Gasteiger partial charge in [0.05, 0.1) is 5.69 Å². The van der Waals surface area contributed by atoms with E-state index in [1.54, 1.807) is 10.9 Å². The molecule has 16 heavy (non-hydrogen) atoms. The second-order valence-electron chi connectivity index (χ2n) is 3.19. The molecule has 0 bridgehead atoms. The summed E-state index contributed by atoms with van der Waals surface area (Å²) < 4.78 is 1.68. The van der Waals surface area contributed by atoms with Gasteiger partial charge in [-0.05, 0) is 11.6 Å². The van der Waals surface area contributed by atoms with Gasteiger partial charge in [-0.1, -0.05) is 44.2 Å². The summed E-state index contributed by atoms with van der Waals surface area (Å²) in [7, 11) is 1.82. The normalized spacial score (nSPS) is 11.5. The van der Waals surface area contributed by atoms with Crippen LogP contribution in [0.25, 0.3) is 0 Å². The molecule has 3 nitrogen and oxygen atoms in total. The quantitative estimate of drug-likeness (QED) is 0.841. The van der Waals surface area contributed by atoms with Crippen LogP contribution in [0.5, 0.6) is 0 Å². The van der Waals surface area contributed by atoms with E-state index in [0.29, 0.717) is 0 Å². The van der Waals surface area contributed by atoms with Gasteiger partial charge < -0.3 is 5.11 Å². The molecule has 2 rings (SSSR count). The Balaban J connectivity index is 0.000000606. The van der Waals surface area contributed by atoms with Gasteiger partial charge in [-0.25, -0.2) is 0 Å². The number of benzene rings is 1. The average Bonchev–Trinajstić information content (AvgIpc) is 2.78. The molecule has 0 spiro atoms. The predicted molar refractivity (Wildman–Crippen MR) is 65.1 cm³/mol. The molecule has 1 unspecified atom stereocenters. The number of aliphatic hydroxyl groups is 1. The standard InChI is InChI=1S/C11H12N2O.C2H6/c1-13-10(7-8-12-13)11(14)9-5-3-2-4-6-9;1-2/h2-8,11,14H,1H3;1-2H3. The van der Waals surface area contributed by atoms with Gasteiger partial charge in [0, 0.05) is 13.2 Å². The fourth-order valence-corrected chi connectivity index (χ4v) is 1.46. The van der Waals surface area contributed by atoms with E-state index in [1.807, 2.05) is 57.3 Å². The van der Waals surface area contributed by atoms with Crippen molar-refractivity contribution in [3.8, 4) is 0 Å². The third-order valence-electron chi connectivity index (χ3n) is 2.25. The zero-order valence-electron chi connectivity index (χ0n) is 9.96. The van der Waals surface area contributed by atoms with Crippen LogP contribution < -0.4 is 0 Å². The fourth-order valence-electron chi connectivity index (χ4n) is 1.46. The molecule has 1 heterocycles. The average molecular weight is 218 g/mol. The minimum Gasteiger partial charge on any atom is -0.382 e. The lowest BCUT2D eigenvalue weighted by molar-refractivity contribution is 0.210. The molecule has 0 radical (unpaired) electrons. The predicted octanol–water partition coefficient (Wildman–Crippen LogP) is 2.53. The first-order valence-electron chi connectivity index (χ1n) is 5.50. The monoisotopic (exact) mass is 218 g/mol. The summed E-state index contributed by atoms with van der Waals surface area (Å²) in [6, 6.07) is 11.4. The third-order valence-corrected chi connectivity index (χ3v) is 2.25. The Hall–Kier alpha value is -1.61. The van der Waals surface area contributed by atoms with Crippen molar-refractivity contribution >= 4 is 0 Å². The van der Waals surface area contributed by atoms with Crippen molar-refractivity contribution < 1.29 is 5.11 Å². The van der Waals surface area contributed by atoms with E-state index in [-0.39, 0.29) is 0 Å². The number of nitrogens with zero attached hydrogens (tertiary/aromatic N) is 2. The summed E-state index contributed by atoms with van der Waals surface area (Å²) in [4.78, 5) is 0. The molecule has 0 fully saturated rings. The third kappa shape index (κ3) is 2.70. The number of aryl methyl sites for hydroxylation is 1. The van der Waals surface area contributed by atoms with E-state index in [4.69, 9.17) is 0 Å². The lowest BCUT2D eigenvalue weighted by Gasteiger charge is -2.10. The number of aliphatic hydroxyl groups excluding tert-OH is 1. The zero-order valence-corrected chi connectivity index (χ0v) is 9.96. The number of rotatable bonds is 2. The van der Waals surface area contributed by atoms with E-state index < -0.39 is 6.10 Å². The Kier molecular flexibility index (Phi) is 4.73. The maximum atomic E-state index is 10.0. The molecule has 2 aromatic rings. The van der Waals surface area contributed by atoms with Crippen molar-refractivity contribution in [1.82, 2.24) is 9.78 Å². The highest BCUT2D eigenvalue weighted by Crippen LogP contribution is 2.20. The van der Waals surface area contributed by atoms with Crippen LogP contribution in [0.1, 0.15) is 31.2 Å². The smallest absolute Gasteiger partial charge is 0.121 e. The molecule has 0 saturated carbocycles. The Bertz CT molecular complexity index is 409. The summed E-state index contributed by atoms with van der Waals surface area (Å²) in [5, 5.41) is 14.0. The van der Waals surface area contributed by atoms with Crippen molar-refractivity contribution in [2.75, 3.05) is 0 Å². The first kappa shape index (κ1) is 12.5. The van der Waals surface area contributed by atoms with Crippen LogP contribution in [-0.4, -0.2) is 14.9 Å². The van der Waals surface area contributed by atoms with Crippen LogP contribution in [0.3, 0.4) is 0 Å². The van der Waals surface area contributed by atoms with Gasteiger partial charge in [-0.15, -0.1) is 0 Å². The van der Waals surface area contributed by atoms with Crippen molar-refractivity contribution in [3.63, 3.8) is 0 Å². The first-order valence-corrected chi connectivity index (χ1v) is 5.50. The van der Waals surface area contributed by atoms with E-state index >= 15 is 0 Å². The molecule has 0 aliphatic rings. The molecular weight excluding hydrogens is 200 g/mol. The van der Waals surface area contributed by atoms with E-state index in [0.717, 1.165) is 11.3 Å². The first-order chi connectivity index (χ1) is 7.79. The second kappa shape index (κ2) is 6.08. The molecule has 86 valence electrons. The van der Waals surface area contributed by atoms with Gasteiger partial charge in [0.15, 0.2) is 0 Å². The van der Waals surface area contributed by atoms with Crippen molar-refractivity contribution in [1.29, 1.82) is 0 Å². The Labute approximate surface area is 96.4 Å². The maximum absolute atomic E-state index is 10.0. The van der Waals surface area contributed by atoms with Gasteiger partial charge in [0.2, 0.25) is 0 Å². The van der Waals surface area contributed by atoms with E-state index in [2.05, 4.69) is 5.10 Å². The van der Waals surface area contributed by atoms with Gasteiger partial charge in [-0.3, -0.25) is 4.68 Å². The highest BCUT2D eigenvalue weighted by atomic mass is 16.3. The summed E-state index contributed by atoms with van der Waals surface area (Å²) in [5.74, 6) is 0. The molecule has 1 atom stereocenters. The van der Waals surface area contributed by atoms with Gasteiger partial charge in [0.25, 0.3) is 0 Å². The van der Waals surface area contributed by atoms with Crippen LogP contribution in [0.4, 0.5) is 0 Å². The minimum atomic E-state index is -0.594. The zero-order chi connectivity index (χ0) is 12.0. The molecular formula is C13H18N2O. The second-order valence-corrected chi connectivity index (χ2v) is 3.19. The molecule has 1 aromatic heterocycles. The molecule has 1 N–H and O–H groups in total. The summed E-state index contributed by atoms with van der Waals surface area (Å²) in [5.41, 5.74) is 1.69. The molecule has 1 aromatic carbocycles. The highest BCUT2D eigenvalue weighted by molar-refractivity contribution is 5.24. The van der Waals surface area contributed by atoms with Crippen molar-refractivity contribution in [2.24, 2.45) is 7.05 Å². The molecule has 0 aliphatic carbocycles. The maximum Gasteiger partial charge on any atom is 0.121 e. The lowest BCUT2D eigenvalue weighted by atomic mass is 10.1. The summed E-state index contributed by atoms with van der Waals surface area (Å²) in [6.45, 7) is 4.00. The Morgan fingerprint density at radius 2 is 1.75 bits per heavy atom. The van der Waals surface area contributed by atoms with Crippen molar-refractivity contribution in [3.05, 3.63) is 53.9 Å². The number of hydrogen-bond donors (Lipinski definition) is 1. The van der Waals surface area contributed by atoms with Gasteiger partial charge in [-0.2, -0.15) is 5.10 Å². The van der Waals surface area contributed by atoms with Crippen LogP contribution in [0.2, 0.25) is 0 Å². The molecule has 3 heteroatoms. The molecule has 0 amide bonds. The highest BCUT2D eigenvalue weighted by Gasteiger charge is 2.12. The van der Waals surface area contributed by atoms with Crippen LogP contribution in [0.15, 0.2) is 42.6 Å². The van der Waals surface area contributed by atoms with Crippen LogP contribution in [0, 0.1) is 0 Å². The Morgan fingerprint density at radius 3 is 2.25 bits per heavy atom.